The highest BCUT2D eigenvalue weighted by Crippen LogP contribution is 2.32. The first-order valence-corrected chi connectivity index (χ1v) is 7.42. The number of fused-ring (bicyclic) bond motifs is 3. The Morgan fingerprint density at radius 3 is 2.68 bits per heavy atom. The molecular formula is C21H20N+. The van der Waals surface area contributed by atoms with Gasteiger partial charge in [-0.05, 0) is 36.1 Å². The molecule has 0 N–H and O–H groups in total. The highest BCUT2D eigenvalue weighted by atomic mass is 15.0. The lowest BCUT2D eigenvalue weighted by Crippen LogP contribution is -2.32. The molecular weight excluding hydrogens is 266 g/mol. The summed E-state index contributed by atoms with van der Waals surface area (Å²) < 4.78 is 41.6. The Labute approximate surface area is 138 Å². The summed E-state index contributed by atoms with van der Waals surface area (Å²) in [4.78, 5) is 0. The van der Waals surface area contributed by atoms with Gasteiger partial charge in [0, 0.05) is 24.0 Å². The summed E-state index contributed by atoms with van der Waals surface area (Å²) in [5, 5.41) is 0. The molecule has 0 spiro atoms. The standard InChI is InChI=1S/C21H20N/c1-3-16-8-4-6-10-18(16)20-14-22-13-17-9-5-7-11-19(17)21(22)12-15(20)2/h4-12,14H,3,13H2,1-2H3/q+1/i1D3,3D2. The molecule has 0 fully saturated rings. The van der Waals surface area contributed by atoms with Gasteiger partial charge in [-0.25, -0.2) is 0 Å². The highest BCUT2D eigenvalue weighted by Gasteiger charge is 2.27. The van der Waals surface area contributed by atoms with Crippen molar-refractivity contribution in [3.63, 3.8) is 0 Å². The van der Waals surface area contributed by atoms with Crippen LogP contribution < -0.4 is 4.57 Å². The number of aromatic nitrogens is 1. The Bertz CT molecular complexity index is 1040. The van der Waals surface area contributed by atoms with Gasteiger partial charge in [-0.15, -0.1) is 0 Å². The second kappa shape index (κ2) is 5.10. The van der Waals surface area contributed by atoms with E-state index in [-0.39, 0.29) is 5.56 Å². The highest BCUT2D eigenvalue weighted by molar-refractivity contribution is 5.72. The van der Waals surface area contributed by atoms with Gasteiger partial charge in [-0.3, -0.25) is 0 Å². The van der Waals surface area contributed by atoms with E-state index in [0.29, 0.717) is 5.56 Å². The molecule has 0 amide bonds. The van der Waals surface area contributed by atoms with Crippen molar-refractivity contribution in [1.82, 2.24) is 0 Å². The van der Waals surface area contributed by atoms with E-state index in [1.165, 1.54) is 11.1 Å². The lowest BCUT2D eigenvalue weighted by Gasteiger charge is -2.10. The molecule has 0 aliphatic carbocycles. The zero-order chi connectivity index (χ0) is 19.4. The van der Waals surface area contributed by atoms with Crippen molar-refractivity contribution in [3.8, 4) is 22.4 Å². The van der Waals surface area contributed by atoms with Gasteiger partial charge in [-0.2, -0.15) is 4.57 Å². The van der Waals surface area contributed by atoms with Crippen molar-refractivity contribution in [2.45, 2.75) is 26.7 Å². The van der Waals surface area contributed by atoms with E-state index < -0.39 is 13.2 Å². The molecule has 1 nitrogen and oxygen atoms in total. The molecule has 3 aromatic rings. The Balaban J connectivity index is 1.89. The average molecular weight is 291 g/mol. The zero-order valence-electron chi connectivity index (χ0n) is 17.4. The van der Waals surface area contributed by atoms with E-state index in [2.05, 4.69) is 22.8 Å². The third-order valence-electron chi connectivity index (χ3n) is 4.36. The third kappa shape index (κ3) is 1.97. The van der Waals surface area contributed by atoms with E-state index in [9.17, 15) is 0 Å². The first-order chi connectivity index (χ1) is 12.7. The number of pyridine rings is 1. The van der Waals surface area contributed by atoms with Crippen LogP contribution >= 0.6 is 0 Å². The molecule has 108 valence electrons. The normalized spacial score (nSPS) is 16.7. The fraction of sp³-hybridized carbons (Fsp3) is 0.190. The summed E-state index contributed by atoms with van der Waals surface area (Å²) in [6.07, 6.45) is -0.415. The minimum atomic E-state index is -2.74. The van der Waals surface area contributed by atoms with Gasteiger partial charge in [-0.1, -0.05) is 49.3 Å². The van der Waals surface area contributed by atoms with E-state index in [1.807, 2.05) is 31.3 Å². The number of hydrogen-bond acceptors (Lipinski definition) is 0. The minimum absolute atomic E-state index is 0.198. The van der Waals surface area contributed by atoms with Crippen LogP contribution in [0.3, 0.4) is 0 Å². The molecule has 1 aromatic heterocycles. The van der Waals surface area contributed by atoms with Crippen LogP contribution in [0.15, 0.2) is 60.8 Å². The average Bonchev–Trinajstić information content (AvgIpc) is 2.97. The van der Waals surface area contributed by atoms with Crippen molar-refractivity contribution in [1.29, 1.82) is 0 Å². The Kier molecular flexibility index (Phi) is 2.06. The molecule has 22 heavy (non-hydrogen) atoms. The second-order valence-corrected chi connectivity index (χ2v) is 5.71. The first kappa shape index (κ1) is 8.89. The number of rotatable bonds is 2. The van der Waals surface area contributed by atoms with Gasteiger partial charge in [0.2, 0.25) is 5.69 Å². The van der Waals surface area contributed by atoms with Crippen LogP contribution in [-0.2, 0) is 12.9 Å². The van der Waals surface area contributed by atoms with Crippen LogP contribution in [0.5, 0.6) is 0 Å². The molecule has 0 unspecified atom stereocenters. The molecule has 0 bridgehead atoms. The summed E-state index contributed by atoms with van der Waals surface area (Å²) >= 11 is 0. The van der Waals surface area contributed by atoms with E-state index in [4.69, 9.17) is 6.85 Å². The summed E-state index contributed by atoms with van der Waals surface area (Å²) in [7, 11) is 0. The molecule has 2 aromatic carbocycles. The third-order valence-corrected chi connectivity index (χ3v) is 4.36. The number of nitrogens with zero attached hydrogens (tertiary/aromatic N) is 1. The molecule has 0 saturated heterocycles. The summed E-state index contributed by atoms with van der Waals surface area (Å²) in [5.41, 5.74) is 6.26. The van der Waals surface area contributed by atoms with Crippen LogP contribution in [0, 0.1) is 6.92 Å². The molecule has 1 aliphatic heterocycles. The van der Waals surface area contributed by atoms with Crippen LogP contribution in [0.1, 0.15) is 30.4 Å². The van der Waals surface area contributed by atoms with Crippen molar-refractivity contribution in [2.75, 3.05) is 0 Å². The quantitative estimate of drug-likeness (QED) is 0.477. The van der Waals surface area contributed by atoms with Gasteiger partial charge in [0.1, 0.15) is 0 Å². The maximum absolute atomic E-state index is 8.24. The maximum Gasteiger partial charge on any atom is 0.213 e. The fourth-order valence-electron chi connectivity index (χ4n) is 3.26. The van der Waals surface area contributed by atoms with Gasteiger partial charge >= 0.3 is 0 Å². The predicted octanol–water partition coefficient (Wildman–Crippen LogP) is 4.54. The van der Waals surface area contributed by atoms with E-state index in [1.54, 1.807) is 18.2 Å². The van der Waals surface area contributed by atoms with Crippen molar-refractivity contribution in [3.05, 3.63) is 77.5 Å². The van der Waals surface area contributed by atoms with Gasteiger partial charge < -0.3 is 0 Å². The smallest absolute Gasteiger partial charge is 0.193 e. The molecule has 0 saturated carbocycles. The lowest BCUT2D eigenvalue weighted by atomic mass is 9.95. The fourth-order valence-corrected chi connectivity index (χ4v) is 3.26. The van der Waals surface area contributed by atoms with E-state index >= 15 is 0 Å². The van der Waals surface area contributed by atoms with Crippen LogP contribution in [0.4, 0.5) is 0 Å². The van der Waals surface area contributed by atoms with Gasteiger partial charge in [0.15, 0.2) is 12.7 Å². The Hall–Kier alpha value is -2.41. The number of aryl methyl sites for hydroxylation is 2. The van der Waals surface area contributed by atoms with Gasteiger partial charge in [0.25, 0.3) is 0 Å². The van der Waals surface area contributed by atoms with Crippen molar-refractivity contribution >= 4 is 0 Å². The second-order valence-electron chi connectivity index (χ2n) is 5.71. The van der Waals surface area contributed by atoms with Crippen molar-refractivity contribution < 1.29 is 11.4 Å². The number of hydrogen-bond donors (Lipinski definition) is 0. The summed E-state index contributed by atoms with van der Waals surface area (Å²) in [6, 6.07) is 17.3. The molecule has 4 rings (SSSR count). The van der Waals surface area contributed by atoms with E-state index in [0.717, 1.165) is 23.4 Å². The minimum Gasteiger partial charge on any atom is -0.193 e. The largest absolute Gasteiger partial charge is 0.213 e. The zero-order valence-corrected chi connectivity index (χ0v) is 12.4. The lowest BCUT2D eigenvalue weighted by molar-refractivity contribution is -0.671. The monoisotopic (exact) mass is 291 g/mol. The summed E-state index contributed by atoms with van der Waals surface area (Å²) in [6.45, 7) is 0.00300. The Morgan fingerprint density at radius 2 is 1.82 bits per heavy atom. The topological polar surface area (TPSA) is 3.88 Å². The van der Waals surface area contributed by atoms with Crippen LogP contribution in [0.25, 0.3) is 22.4 Å². The molecule has 2 heterocycles. The van der Waals surface area contributed by atoms with Crippen LogP contribution in [-0.4, -0.2) is 0 Å². The first-order valence-electron chi connectivity index (χ1n) is 9.92. The summed E-state index contributed by atoms with van der Waals surface area (Å²) in [5.74, 6) is 0. The molecule has 0 atom stereocenters. The SMILES string of the molecule is [2H]C([2H])([2H])C([2H])([2H])c1ccccc1-c1c[n+]2c(cc1C)-c1ccccc1C2. The van der Waals surface area contributed by atoms with Crippen LogP contribution in [0.2, 0.25) is 0 Å². The van der Waals surface area contributed by atoms with Crippen molar-refractivity contribution in [2.24, 2.45) is 0 Å². The Morgan fingerprint density at radius 1 is 1.05 bits per heavy atom. The maximum atomic E-state index is 8.24. The van der Waals surface area contributed by atoms with Gasteiger partial charge in [0.05, 0.1) is 5.56 Å². The predicted molar refractivity (Wildman–Crippen MR) is 90.7 cm³/mol. The molecule has 1 aliphatic rings. The number of benzene rings is 2. The molecule has 0 radical (unpaired) electrons. The molecule has 1 heteroatoms.